The lowest BCUT2D eigenvalue weighted by molar-refractivity contribution is -0.137. The van der Waals surface area contributed by atoms with Gasteiger partial charge in [-0.25, -0.2) is 9.78 Å². The molecule has 2 rings (SSSR count). The average Bonchev–Trinajstić information content (AvgIpc) is 2.45. The van der Waals surface area contributed by atoms with Gasteiger partial charge in [0.1, 0.15) is 5.15 Å². The van der Waals surface area contributed by atoms with Crippen LogP contribution < -0.4 is 0 Å². The minimum absolute atomic E-state index is 0.0526. The fourth-order valence-electron chi connectivity index (χ4n) is 1.84. The Kier molecular flexibility index (Phi) is 4.18. The smallest absolute Gasteiger partial charge is 0.416 e. The Bertz CT molecular complexity index is 686. The van der Waals surface area contributed by atoms with Crippen molar-refractivity contribution in [2.75, 3.05) is 7.11 Å². The maximum atomic E-state index is 12.8. The SMILES string of the molecule is COC(=O)c1ccnc(Cl)c1-c1cccc(C(F)(F)F)c1. The zero-order valence-corrected chi connectivity index (χ0v) is 11.5. The van der Waals surface area contributed by atoms with E-state index in [0.29, 0.717) is 0 Å². The number of carbonyl (C=O) groups excluding carboxylic acids is 1. The van der Waals surface area contributed by atoms with Gasteiger partial charge in [0.2, 0.25) is 0 Å². The number of aromatic nitrogens is 1. The van der Waals surface area contributed by atoms with Crippen molar-refractivity contribution in [3.63, 3.8) is 0 Å². The van der Waals surface area contributed by atoms with E-state index in [-0.39, 0.29) is 21.8 Å². The van der Waals surface area contributed by atoms with Gasteiger partial charge < -0.3 is 4.74 Å². The first-order valence-corrected chi connectivity index (χ1v) is 6.13. The predicted octanol–water partition coefficient (Wildman–Crippen LogP) is 4.21. The van der Waals surface area contributed by atoms with Crippen molar-refractivity contribution < 1.29 is 22.7 Å². The van der Waals surface area contributed by atoms with Crippen molar-refractivity contribution in [3.8, 4) is 11.1 Å². The molecule has 0 spiro atoms. The minimum Gasteiger partial charge on any atom is -0.465 e. The van der Waals surface area contributed by atoms with E-state index in [1.165, 1.54) is 31.5 Å². The first-order valence-electron chi connectivity index (χ1n) is 5.75. The van der Waals surface area contributed by atoms with E-state index >= 15 is 0 Å². The van der Waals surface area contributed by atoms with E-state index in [1.807, 2.05) is 0 Å². The largest absolute Gasteiger partial charge is 0.465 e. The second-order valence-corrected chi connectivity index (χ2v) is 4.45. The van der Waals surface area contributed by atoms with Crippen LogP contribution in [0.3, 0.4) is 0 Å². The molecule has 0 atom stereocenters. The first-order chi connectivity index (χ1) is 9.84. The Labute approximate surface area is 123 Å². The van der Waals surface area contributed by atoms with Gasteiger partial charge in [-0.15, -0.1) is 0 Å². The van der Waals surface area contributed by atoms with Crippen LogP contribution >= 0.6 is 11.6 Å². The van der Waals surface area contributed by atoms with E-state index in [2.05, 4.69) is 9.72 Å². The average molecular weight is 316 g/mol. The number of pyridine rings is 1. The molecule has 1 heterocycles. The summed E-state index contributed by atoms with van der Waals surface area (Å²) in [6.45, 7) is 0. The molecule has 0 fully saturated rings. The van der Waals surface area contributed by atoms with Crippen molar-refractivity contribution >= 4 is 17.6 Å². The van der Waals surface area contributed by atoms with Crippen molar-refractivity contribution in [1.29, 1.82) is 0 Å². The third-order valence-corrected chi connectivity index (χ3v) is 3.08. The molecule has 0 amide bonds. The fraction of sp³-hybridized carbons (Fsp3) is 0.143. The van der Waals surface area contributed by atoms with Crippen LogP contribution in [-0.4, -0.2) is 18.1 Å². The van der Waals surface area contributed by atoms with E-state index in [4.69, 9.17) is 11.6 Å². The first kappa shape index (κ1) is 15.3. The number of benzene rings is 1. The molecule has 1 aromatic heterocycles. The zero-order valence-electron chi connectivity index (χ0n) is 10.7. The number of halogens is 4. The molecule has 3 nitrogen and oxygen atoms in total. The van der Waals surface area contributed by atoms with Crippen LogP contribution in [0.1, 0.15) is 15.9 Å². The highest BCUT2D eigenvalue weighted by atomic mass is 35.5. The molecular weight excluding hydrogens is 307 g/mol. The number of hydrogen-bond donors (Lipinski definition) is 0. The molecule has 0 aliphatic heterocycles. The van der Waals surface area contributed by atoms with Crippen molar-refractivity contribution in [2.45, 2.75) is 6.18 Å². The monoisotopic (exact) mass is 315 g/mol. The fourth-order valence-corrected chi connectivity index (χ4v) is 2.11. The minimum atomic E-state index is -4.49. The summed E-state index contributed by atoms with van der Waals surface area (Å²) in [5, 5.41) is -0.0720. The van der Waals surface area contributed by atoms with Gasteiger partial charge in [0, 0.05) is 11.8 Å². The van der Waals surface area contributed by atoms with Gasteiger partial charge in [-0.05, 0) is 23.8 Å². The molecule has 0 saturated carbocycles. The van der Waals surface area contributed by atoms with Gasteiger partial charge in [-0.1, -0.05) is 23.7 Å². The highest BCUT2D eigenvalue weighted by molar-refractivity contribution is 6.33. The Morgan fingerprint density at radius 1 is 1.29 bits per heavy atom. The van der Waals surface area contributed by atoms with Crippen LogP contribution in [-0.2, 0) is 10.9 Å². The van der Waals surface area contributed by atoms with Gasteiger partial charge in [0.25, 0.3) is 0 Å². The van der Waals surface area contributed by atoms with Gasteiger partial charge in [-0.2, -0.15) is 13.2 Å². The predicted molar refractivity (Wildman–Crippen MR) is 71.0 cm³/mol. The maximum Gasteiger partial charge on any atom is 0.416 e. The third kappa shape index (κ3) is 3.16. The topological polar surface area (TPSA) is 39.2 Å². The van der Waals surface area contributed by atoms with E-state index in [9.17, 15) is 18.0 Å². The lowest BCUT2D eigenvalue weighted by Gasteiger charge is -2.12. The van der Waals surface area contributed by atoms with E-state index in [0.717, 1.165) is 12.1 Å². The number of carbonyl (C=O) groups is 1. The van der Waals surface area contributed by atoms with Gasteiger partial charge >= 0.3 is 12.1 Å². The number of nitrogens with zero attached hydrogens (tertiary/aromatic N) is 1. The Morgan fingerprint density at radius 3 is 2.62 bits per heavy atom. The van der Waals surface area contributed by atoms with Crippen molar-refractivity contribution in [1.82, 2.24) is 4.98 Å². The standard InChI is InChI=1S/C14H9ClF3NO2/c1-21-13(20)10-5-6-19-12(15)11(10)8-3-2-4-9(7-8)14(16,17)18/h2-7H,1H3. The quantitative estimate of drug-likeness (QED) is 0.615. The molecular formula is C14H9ClF3NO2. The number of ether oxygens (including phenoxy) is 1. The van der Waals surface area contributed by atoms with Gasteiger partial charge in [0.15, 0.2) is 0 Å². The number of methoxy groups -OCH3 is 1. The van der Waals surface area contributed by atoms with Crippen LogP contribution in [0.5, 0.6) is 0 Å². The number of hydrogen-bond acceptors (Lipinski definition) is 3. The molecule has 0 saturated heterocycles. The maximum absolute atomic E-state index is 12.8. The second-order valence-electron chi connectivity index (χ2n) is 4.09. The Morgan fingerprint density at radius 2 is 2.00 bits per heavy atom. The van der Waals surface area contributed by atoms with E-state index in [1.54, 1.807) is 0 Å². The van der Waals surface area contributed by atoms with Crippen molar-refractivity contribution in [3.05, 3.63) is 52.8 Å². The lowest BCUT2D eigenvalue weighted by Crippen LogP contribution is -2.07. The summed E-state index contributed by atoms with van der Waals surface area (Å²) in [6.07, 6.45) is -3.21. The van der Waals surface area contributed by atoms with Crippen LogP contribution in [0.2, 0.25) is 5.15 Å². The third-order valence-electron chi connectivity index (χ3n) is 2.79. The Balaban J connectivity index is 2.65. The molecule has 1 aromatic carbocycles. The Hall–Kier alpha value is -2.08. The van der Waals surface area contributed by atoms with Crippen LogP contribution in [0, 0.1) is 0 Å². The summed E-state index contributed by atoms with van der Waals surface area (Å²) >= 11 is 5.93. The number of esters is 1. The summed E-state index contributed by atoms with van der Waals surface area (Å²) < 4.78 is 42.9. The summed E-state index contributed by atoms with van der Waals surface area (Å²) in [7, 11) is 1.17. The highest BCUT2D eigenvalue weighted by Crippen LogP contribution is 2.35. The normalized spacial score (nSPS) is 11.3. The summed E-state index contributed by atoms with van der Waals surface area (Å²) in [5.74, 6) is -0.702. The molecule has 0 aliphatic rings. The van der Waals surface area contributed by atoms with Gasteiger partial charge in [0.05, 0.1) is 18.2 Å². The molecule has 0 N–H and O–H groups in total. The van der Waals surface area contributed by atoms with Crippen LogP contribution in [0.4, 0.5) is 13.2 Å². The molecule has 21 heavy (non-hydrogen) atoms. The summed E-state index contributed by atoms with van der Waals surface area (Å²) in [4.78, 5) is 15.5. The van der Waals surface area contributed by atoms with Gasteiger partial charge in [-0.3, -0.25) is 0 Å². The summed E-state index contributed by atoms with van der Waals surface area (Å²) in [5.41, 5.74) is -0.534. The molecule has 0 unspecified atom stereocenters. The molecule has 2 aromatic rings. The summed E-state index contributed by atoms with van der Waals surface area (Å²) in [6, 6.07) is 5.85. The molecule has 0 radical (unpaired) electrons. The van der Waals surface area contributed by atoms with Crippen LogP contribution in [0.15, 0.2) is 36.5 Å². The highest BCUT2D eigenvalue weighted by Gasteiger charge is 2.31. The molecule has 0 bridgehead atoms. The lowest BCUT2D eigenvalue weighted by atomic mass is 10.00. The number of rotatable bonds is 2. The molecule has 7 heteroatoms. The number of alkyl halides is 3. The molecule has 0 aliphatic carbocycles. The zero-order chi connectivity index (χ0) is 15.6. The van der Waals surface area contributed by atoms with Crippen LogP contribution in [0.25, 0.3) is 11.1 Å². The van der Waals surface area contributed by atoms with Crippen molar-refractivity contribution in [2.24, 2.45) is 0 Å². The second kappa shape index (κ2) is 5.73. The van der Waals surface area contributed by atoms with E-state index < -0.39 is 17.7 Å². The molecule has 110 valence electrons.